The number of carbonyl (C=O) groups excluding carboxylic acids is 1. The Kier molecular flexibility index (Phi) is 10.9. The van der Waals surface area contributed by atoms with E-state index in [2.05, 4.69) is 44.1 Å². The van der Waals surface area contributed by atoms with Gasteiger partial charge in [0.05, 0.1) is 24.0 Å². The maximum absolute atomic E-state index is 11.0. The summed E-state index contributed by atoms with van der Waals surface area (Å²) in [4.78, 5) is 15.7. The van der Waals surface area contributed by atoms with Gasteiger partial charge in [-0.1, -0.05) is 56.3 Å². The van der Waals surface area contributed by atoms with Crippen molar-refractivity contribution in [3.05, 3.63) is 82.6 Å². The highest BCUT2D eigenvalue weighted by molar-refractivity contribution is 7.08. The van der Waals surface area contributed by atoms with E-state index in [1.807, 2.05) is 68.4 Å². The van der Waals surface area contributed by atoms with Crippen LogP contribution >= 0.6 is 11.3 Å². The van der Waals surface area contributed by atoms with E-state index in [0.717, 1.165) is 54.8 Å². The van der Waals surface area contributed by atoms with Crippen molar-refractivity contribution < 1.29 is 4.79 Å². The van der Waals surface area contributed by atoms with Crippen LogP contribution in [0.4, 0.5) is 11.4 Å². The molecule has 1 aromatic heterocycles. The number of likely N-dealkylation sites (tertiary alicyclic amines) is 1. The second-order valence-electron chi connectivity index (χ2n) is 8.72. The lowest BCUT2D eigenvalue weighted by molar-refractivity contribution is -0.105. The highest BCUT2D eigenvalue weighted by atomic mass is 32.1. The number of nitrogens with one attached hydrogen (secondary N) is 1. The second kappa shape index (κ2) is 14.4. The summed E-state index contributed by atoms with van der Waals surface area (Å²) in [6.07, 6.45) is 2.66. The maximum atomic E-state index is 11.0. The van der Waals surface area contributed by atoms with Crippen LogP contribution in [-0.4, -0.2) is 48.3 Å². The number of hydrogen-bond donors (Lipinski definition) is 3. The number of rotatable bonds is 9. The molecule has 1 saturated heterocycles. The van der Waals surface area contributed by atoms with Gasteiger partial charge >= 0.3 is 0 Å². The number of amidine groups is 1. The minimum absolute atomic E-state index is 0.116. The van der Waals surface area contributed by atoms with Crippen LogP contribution in [0.15, 0.2) is 76.5 Å². The molecule has 9 heteroatoms. The first kappa shape index (κ1) is 28.2. The van der Waals surface area contributed by atoms with Crippen LogP contribution in [0.2, 0.25) is 0 Å². The molecule has 37 heavy (non-hydrogen) atoms. The number of nitrogens with zero attached hydrogens (tertiary/aromatic N) is 4. The molecular formula is C28H39N7OS. The normalized spacial score (nSPS) is 15.3. The van der Waals surface area contributed by atoms with Crippen molar-refractivity contribution in [1.82, 2.24) is 9.91 Å². The molecule has 0 spiro atoms. The molecule has 4 rings (SSSR count). The predicted molar refractivity (Wildman–Crippen MR) is 155 cm³/mol. The fraction of sp³-hybridized carbons (Fsp3) is 0.357. The Balaban J connectivity index is 0.00000186. The highest BCUT2D eigenvalue weighted by Gasteiger charge is 2.33. The van der Waals surface area contributed by atoms with Gasteiger partial charge in [0.25, 0.3) is 0 Å². The van der Waals surface area contributed by atoms with Crippen LogP contribution < -0.4 is 21.9 Å². The number of nitrogens with two attached hydrogens (primary N) is 2. The Morgan fingerprint density at radius 1 is 1.14 bits per heavy atom. The topological polar surface area (TPSA) is 103 Å². The van der Waals surface area contributed by atoms with E-state index in [4.69, 9.17) is 11.7 Å². The van der Waals surface area contributed by atoms with Crippen LogP contribution in [-0.2, 0) is 11.3 Å². The van der Waals surface area contributed by atoms with Crippen LogP contribution in [0.25, 0.3) is 0 Å². The van der Waals surface area contributed by atoms with Gasteiger partial charge in [-0.15, -0.1) is 0 Å². The number of carbonyl (C=O) groups is 1. The van der Waals surface area contributed by atoms with E-state index < -0.39 is 0 Å². The zero-order valence-electron chi connectivity index (χ0n) is 22.0. The summed E-state index contributed by atoms with van der Waals surface area (Å²) < 4.78 is 0. The molecule has 1 aliphatic rings. The van der Waals surface area contributed by atoms with Crippen molar-refractivity contribution >= 4 is 35.0 Å². The van der Waals surface area contributed by atoms with Gasteiger partial charge in [0, 0.05) is 26.2 Å². The Bertz CT molecular complexity index is 1100. The number of benzene rings is 2. The molecule has 2 heterocycles. The molecule has 1 unspecified atom stereocenters. The third-order valence-corrected chi connectivity index (χ3v) is 7.34. The molecule has 8 nitrogen and oxygen atoms in total. The van der Waals surface area contributed by atoms with E-state index >= 15 is 0 Å². The average Bonchev–Trinajstić information content (AvgIpc) is 3.48. The number of piperidine rings is 1. The zero-order chi connectivity index (χ0) is 26.6. The van der Waals surface area contributed by atoms with Crippen molar-refractivity contribution in [1.29, 1.82) is 0 Å². The number of hydrogen-bond acceptors (Lipinski definition) is 7. The smallest absolute Gasteiger partial charge is 0.211 e. The fourth-order valence-electron chi connectivity index (χ4n) is 4.81. The van der Waals surface area contributed by atoms with Crippen LogP contribution in [0.5, 0.6) is 0 Å². The Hall–Kier alpha value is -3.40. The first-order valence-corrected chi connectivity index (χ1v) is 13.7. The van der Waals surface area contributed by atoms with Gasteiger partial charge in [-0.2, -0.15) is 16.4 Å². The number of amides is 1. The van der Waals surface area contributed by atoms with E-state index in [1.165, 1.54) is 0 Å². The molecule has 1 atom stereocenters. The molecular weight excluding hydrogens is 482 g/mol. The van der Waals surface area contributed by atoms with Crippen LogP contribution in [0.3, 0.4) is 0 Å². The summed E-state index contributed by atoms with van der Waals surface area (Å²) in [6, 6.07) is 20.3. The highest BCUT2D eigenvalue weighted by Crippen LogP contribution is 2.33. The van der Waals surface area contributed by atoms with Crippen LogP contribution in [0, 0.1) is 0 Å². The second-order valence-corrected chi connectivity index (χ2v) is 9.50. The molecule has 0 aliphatic carbocycles. The van der Waals surface area contributed by atoms with Gasteiger partial charge in [-0.25, -0.2) is 5.84 Å². The molecule has 0 saturated carbocycles. The Morgan fingerprint density at radius 3 is 2.43 bits per heavy atom. The lowest BCUT2D eigenvalue weighted by Crippen LogP contribution is -2.51. The van der Waals surface area contributed by atoms with Crippen LogP contribution in [0.1, 0.15) is 43.9 Å². The number of thiophene rings is 1. The van der Waals surface area contributed by atoms with Crippen molar-refractivity contribution in [2.24, 2.45) is 16.8 Å². The first-order valence-electron chi connectivity index (χ1n) is 12.7. The summed E-state index contributed by atoms with van der Waals surface area (Å²) >= 11 is 1.66. The minimum Gasteiger partial charge on any atom is -0.370 e. The SMILES string of the molecule is CC.CN(c1ccccc1NC=O)C1CCN(C(/C(=N/N)N(N)Cc2ccccc2)c2ccsc2)CC1. The predicted octanol–water partition coefficient (Wildman–Crippen LogP) is 4.63. The lowest BCUT2D eigenvalue weighted by atomic mass is 9.98. The third kappa shape index (κ3) is 7.09. The van der Waals surface area contributed by atoms with Crippen molar-refractivity contribution in [3.8, 4) is 0 Å². The molecule has 0 bridgehead atoms. The van der Waals surface area contributed by atoms with Gasteiger partial charge < -0.3 is 16.1 Å². The van der Waals surface area contributed by atoms with Gasteiger partial charge in [0.15, 0.2) is 5.84 Å². The van der Waals surface area contributed by atoms with Crippen molar-refractivity contribution in [2.75, 3.05) is 30.4 Å². The summed E-state index contributed by atoms with van der Waals surface area (Å²) in [5.74, 6) is 13.1. The molecule has 2 aromatic carbocycles. The zero-order valence-corrected chi connectivity index (χ0v) is 22.8. The van der Waals surface area contributed by atoms with E-state index in [9.17, 15) is 4.79 Å². The van der Waals surface area contributed by atoms with E-state index in [0.29, 0.717) is 18.4 Å². The summed E-state index contributed by atoms with van der Waals surface area (Å²) in [5.41, 5.74) is 4.09. The van der Waals surface area contributed by atoms with E-state index in [-0.39, 0.29) is 6.04 Å². The Labute approximate surface area is 224 Å². The van der Waals surface area contributed by atoms with Gasteiger partial charge in [0.2, 0.25) is 6.41 Å². The number of hydrazone groups is 1. The standard InChI is InChI=1S/C26H33N7OS.C2H6/c1-31(24-10-6-5-9-23(24)29-19-34)22-11-14-32(15-12-22)25(21-13-16-35-18-21)26(30-27)33(28)17-20-7-3-2-4-8-20;1-2/h2-10,13,16,18-19,22,25H,11-12,14-15,17,27-28H2,1H3,(H,29,34);1-2H3/b30-26-;. The van der Waals surface area contributed by atoms with Gasteiger partial charge in [0.1, 0.15) is 0 Å². The molecule has 5 N–H and O–H groups in total. The third-order valence-electron chi connectivity index (χ3n) is 6.64. The molecule has 1 aliphatic heterocycles. The number of hydrazine groups is 1. The minimum atomic E-state index is -0.116. The molecule has 1 fully saturated rings. The maximum Gasteiger partial charge on any atom is 0.211 e. The molecule has 3 aromatic rings. The molecule has 198 valence electrons. The van der Waals surface area contributed by atoms with Crippen molar-refractivity contribution in [3.63, 3.8) is 0 Å². The largest absolute Gasteiger partial charge is 0.370 e. The Morgan fingerprint density at radius 2 is 1.81 bits per heavy atom. The average molecular weight is 522 g/mol. The fourth-order valence-corrected chi connectivity index (χ4v) is 5.49. The lowest BCUT2D eigenvalue weighted by Gasteiger charge is -2.42. The summed E-state index contributed by atoms with van der Waals surface area (Å²) in [6.45, 7) is 6.27. The van der Waals surface area contributed by atoms with Crippen molar-refractivity contribution in [2.45, 2.75) is 45.3 Å². The summed E-state index contributed by atoms with van der Waals surface area (Å²) in [7, 11) is 2.09. The molecule has 1 amide bonds. The van der Waals surface area contributed by atoms with E-state index in [1.54, 1.807) is 16.3 Å². The quantitative estimate of drug-likeness (QED) is 0.125. The monoisotopic (exact) mass is 521 g/mol. The van der Waals surface area contributed by atoms with Gasteiger partial charge in [-0.3, -0.25) is 14.7 Å². The number of para-hydroxylation sites is 2. The molecule has 0 radical (unpaired) electrons. The summed E-state index contributed by atoms with van der Waals surface area (Å²) in [5, 5.41) is 12.9. The van der Waals surface area contributed by atoms with Gasteiger partial charge in [-0.05, 0) is 52.9 Å². The number of anilines is 2. The first-order chi connectivity index (χ1) is 18.1.